The van der Waals surface area contributed by atoms with E-state index in [0.29, 0.717) is 6.42 Å². The van der Waals surface area contributed by atoms with Gasteiger partial charge < -0.3 is 10.2 Å². The summed E-state index contributed by atoms with van der Waals surface area (Å²) in [5, 5.41) is 22.1. The lowest BCUT2D eigenvalue weighted by Gasteiger charge is -2.12. The van der Waals surface area contributed by atoms with Crippen LogP contribution >= 0.6 is 12.2 Å². The Morgan fingerprint density at radius 2 is 2.36 bits per heavy atom. The fourth-order valence-corrected chi connectivity index (χ4v) is 0.765. The Morgan fingerprint density at radius 3 is 2.73 bits per heavy atom. The molecule has 0 aromatic heterocycles. The predicted molar refractivity (Wildman–Crippen MR) is 44.3 cm³/mol. The molecule has 0 fully saturated rings. The summed E-state index contributed by atoms with van der Waals surface area (Å²) in [7, 11) is 0. The van der Waals surface area contributed by atoms with Crippen molar-refractivity contribution in [2.24, 2.45) is 5.11 Å². The summed E-state index contributed by atoms with van der Waals surface area (Å²) in [6.45, 7) is -0.424. The van der Waals surface area contributed by atoms with Gasteiger partial charge >= 0.3 is 0 Å². The number of thiocarbonyl (C=S) groups is 1. The number of rotatable bonds is 5. The summed E-state index contributed by atoms with van der Waals surface area (Å²) in [5.74, 6) is 0. The van der Waals surface area contributed by atoms with E-state index in [2.05, 4.69) is 22.2 Å². The molecule has 0 rings (SSSR count). The minimum Gasteiger partial charge on any atom is -0.394 e. The summed E-state index contributed by atoms with van der Waals surface area (Å²) in [6, 6.07) is -0.650. The van der Waals surface area contributed by atoms with Crippen molar-refractivity contribution in [2.75, 3.05) is 6.61 Å². The van der Waals surface area contributed by atoms with Crippen LogP contribution in [-0.4, -0.2) is 34.3 Å². The third-order valence-corrected chi connectivity index (χ3v) is 1.36. The van der Waals surface area contributed by atoms with E-state index in [1.165, 1.54) is 5.37 Å². The normalized spacial score (nSPS) is 14.7. The first-order chi connectivity index (χ1) is 5.26. The van der Waals surface area contributed by atoms with Crippen LogP contribution in [0.2, 0.25) is 0 Å². The van der Waals surface area contributed by atoms with Crippen molar-refractivity contribution in [2.45, 2.75) is 18.6 Å². The molecule has 0 saturated heterocycles. The molecule has 0 saturated carbocycles. The van der Waals surface area contributed by atoms with E-state index in [9.17, 15) is 0 Å². The molecule has 0 aliphatic rings. The predicted octanol–water partition coefficient (Wildman–Crippen LogP) is 0.408. The Morgan fingerprint density at radius 1 is 1.73 bits per heavy atom. The van der Waals surface area contributed by atoms with E-state index in [0.717, 1.165) is 0 Å². The molecule has 0 aromatic carbocycles. The SMILES string of the molecule is [N-]=[N+]=N[C@@H](CC=S)[C@H](O)CO. The van der Waals surface area contributed by atoms with Crippen LogP contribution in [0.25, 0.3) is 10.4 Å². The Hall–Kier alpha value is -0.680. The topological polar surface area (TPSA) is 89.2 Å². The molecule has 0 radical (unpaired) electrons. The Kier molecular flexibility index (Phi) is 5.68. The third-order valence-electron chi connectivity index (χ3n) is 1.17. The van der Waals surface area contributed by atoms with Crippen molar-refractivity contribution in [3.05, 3.63) is 10.4 Å². The fraction of sp³-hybridized carbons (Fsp3) is 0.800. The van der Waals surface area contributed by atoms with E-state index >= 15 is 0 Å². The van der Waals surface area contributed by atoms with Gasteiger partial charge in [-0.25, -0.2) is 0 Å². The van der Waals surface area contributed by atoms with Crippen molar-refractivity contribution >= 4 is 17.6 Å². The maximum atomic E-state index is 9.00. The molecule has 0 aliphatic carbocycles. The molecule has 0 spiro atoms. The van der Waals surface area contributed by atoms with Crippen LogP contribution in [0.3, 0.4) is 0 Å². The molecule has 11 heavy (non-hydrogen) atoms. The lowest BCUT2D eigenvalue weighted by atomic mass is 10.1. The smallest absolute Gasteiger partial charge is 0.0858 e. The van der Waals surface area contributed by atoms with Gasteiger partial charge in [0.05, 0.1) is 18.8 Å². The summed E-state index contributed by atoms with van der Waals surface area (Å²) in [5.41, 5.74) is 8.03. The Bertz CT molecular complexity index is 169. The first-order valence-electron chi connectivity index (χ1n) is 3.03. The quantitative estimate of drug-likeness (QED) is 0.274. The summed E-state index contributed by atoms with van der Waals surface area (Å²) >= 11 is 4.51. The van der Waals surface area contributed by atoms with Gasteiger partial charge in [0.1, 0.15) is 0 Å². The number of nitrogens with zero attached hydrogens (tertiary/aromatic N) is 3. The molecule has 0 aliphatic heterocycles. The second-order valence-electron chi connectivity index (χ2n) is 1.92. The number of aliphatic hydroxyl groups is 2. The highest BCUT2D eigenvalue weighted by atomic mass is 32.1. The highest BCUT2D eigenvalue weighted by molar-refractivity contribution is 7.78. The molecule has 0 bridgehead atoms. The maximum Gasteiger partial charge on any atom is 0.0858 e. The van der Waals surface area contributed by atoms with Crippen LogP contribution in [0.4, 0.5) is 0 Å². The zero-order chi connectivity index (χ0) is 8.69. The van der Waals surface area contributed by atoms with Gasteiger partial charge in [-0.3, -0.25) is 0 Å². The second kappa shape index (κ2) is 6.06. The number of aliphatic hydroxyl groups excluding tert-OH is 2. The van der Waals surface area contributed by atoms with Crippen molar-refractivity contribution in [3.63, 3.8) is 0 Å². The first-order valence-corrected chi connectivity index (χ1v) is 3.50. The summed E-state index contributed by atoms with van der Waals surface area (Å²) in [6.07, 6.45) is -0.730. The molecule has 0 heterocycles. The molecule has 5 nitrogen and oxygen atoms in total. The van der Waals surface area contributed by atoms with Crippen molar-refractivity contribution in [1.29, 1.82) is 0 Å². The van der Waals surface area contributed by atoms with E-state index in [1.54, 1.807) is 0 Å². The van der Waals surface area contributed by atoms with Crippen LogP contribution < -0.4 is 0 Å². The lowest BCUT2D eigenvalue weighted by molar-refractivity contribution is 0.0765. The molecule has 0 aromatic rings. The van der Waals surface area contributed by atoms with Gasteiger partial charge in [0.2, 0.25) is 0 Å². The average molecular weight is 175 g/mol. The highest BCUT2D eigenvalue weighted by Gasteiger charge is 2.14. The minimum absolute atomic E-state index is 0.293. The monoisotopic (exact) mass is 175 g/mol. The van der Waals surface area contributed by atoms with Gasteiger partial charge in [-0.05, 0) is 17.3 Å². The number of azide groups is 1. The van der Waals surface area contributed by atoms with Crippen molar-refractivity contribution < 1.29 is 10.2 Å². The summed E-state index contributed by atoms with van der Waals surface area (Å²) in [4.78, 5) is 2.51. The molecule has 2 atom stereocenters. The van der Waals surface area contributed by atoms with Gasteiger partial charge in [0.25, 0.3) is 0 Å². The molecular weight excluding hydrogens is 166 g/mol. The van der Waals surface area contributed by atoms with E-state index in [-0.39, 0.29) is 0 Å². The fourth-order valence-electron chi connectivity index (χ4n) is 0.568. The minimum atomic E-state index is -1.02. The van der Waals surface area contributed by atoms with Crippen LogP contribution in [0, 0.1) is 0 Å². The molecule has 0 unspecified atom stereocenters. The summed E-state index contributed by atoms with van der Waals surface area (Å²) < 4.78 is 0. The number of hydrogen-bond acceptors (Lipinski definition) is 4. The van der Waals surface area contributed by atoms with Gasteiger partial charge in [-0.1, -0.05) is 17.3 Å². The van der Waals surface area contributed by atoms with E-state index in [4.69, 9.17) is 15.7 Å². The van der Waals surface area contributed by atoms with Crippen LogP contribution in [0.15, 0.2) is 5.11 Å². The average Bonchev–Trinajstić information content (AvgIpc) is 2.03. The zero-order valence-corrected chi connectivity index (χ0v) is 6.61. The van der Waals surface area contributed by atoms with Gasteiger partial charge in [0.15, 0.2) is 0 Å². The van der Waals surface area contributed by atoms with E-state index in [1.807, 2.05) is 0 Å². The van der Waals surface area contributed by atoms with Crippen molar-refractivity contribution in [1.82, 2.24) is 0 Å². The van der Waals surface area contributed by atoms with Crippen molar-refractivity contribution in [3.8, 4) is 0 Å². The second-order valence-corrected chi connectivity index (χ2v) is 2.26. The first kappa shape index (κ1) is 10.3. The zero-order valence-electron chi connectivity index (χ0n) is 5.79. The standard InChI is InChI=1S/C5H9N3O2S/c6-8-7-4(1-2-11)5(10)3-9/h2,4-5,9-10H,1,3H2/t4-,5+/m0/s1. The molecule has 62 valence electrons. The number of hydrogen-bond donors (Lipinski definition) is 2. The highest BCUT2D eigenvalue weighted by Crippen LogP contribution is 2.02. The lowest BCUT2D eigenvalue weighted by Crippen LogP contribution is -2.27. The van der Waals surface area contributed by atoms with Crippen LogP contribution in [-0.2, 0) is 0 Å². The molecular formula is C5H9N3O2S. The molecule has 2 N–H and O–H groups in total. The van der Waals surface area contributed by atoms with Crippen LogP contribution in [0.1, 0.15) is 6.42 Å². The largest absolute Gasteiger partial charge is 0.394 e. The third kappa shape index (κ3) is 3.90. The maximum absolute atomic E-state index is 9.00. The van der Waals surface area contributed by atoms with Crippen LogP contribution in [0.5, 0.6) is 0 Å². The Labute approximate surface area is 69.3 Å². The van der Waals surface area contributed by atoms with Gasteiger partial charge in [-0.2, -0.15) is 0 Å². The Balaban J connectivity index is 4.06. The molecule has 0 amide bonds. The molecule has 6 heteroatoms. The van der Waals surface area contributed by atoms with E-state index < -0.39 is 18.8 Å². The van der Waals surface area contributed by atoms with Gasteiger partial charge in [0, 0.05) is 4.91 Å². The van der Waals surface area contributed by atoms with Gasteiger partial charge in [-0.15, -0.1) is 0 Å².